The van der Waals surface area contributed by atoms with Gasteiger partial charge in [-0.15, -0.1) is 0 Å². The van der Waals surface area contributed by atoms with Gasteiger partial charge in [0.25, 0.3) is 0 Å². The van der Waals surface area contributed by atoms with Gasteiger partial charge in [-0.05, 0) is 41.8 Å². The Morgan fingerprint density at radius 3 is 2.67 bits per heavy atom. The summed E-state index contributed by atoms with van der Waals surface area (Å²) in [6.07, 6.45) is 0.752. The number of hydrogen-bond acceptors (Lipinski definition) is 3. The van der Waals surface area contributed by atoms with Crippen LogP contribution in [0.4, 0.5) is 4.39 Å². The lowest BCUT2D eigenvalue weighted by Gasteiger charge is -2.38. The summed E-state index contributed by atoms with van der Waals surface area (Å²) in [6, 6.07) is 13.1. The molecule has 1 saturated heterocycles. The van der Waals surface area contributed by atoms with Gasteiger partial charge in [0.05, 0.1) is 19.1 Å². The van der Waals surface area contributed by atoms with Crippen LogP contribution in [0.15, 0.2) is 48.5 Å². The summed E-state index contributed by atoms with van der Waals surface area (Å²) in [7, 11) is 3.27. The average Bonchev–Trinajstić information content (AvgIpc) is 2.68. The minimum atomic E-state index is -0.474. The summed E-state index contributed by atoms with van der Waals surface area (Å²) < 4.78 is 18.8. The number of benzene rings is 2. The number of rotatable bonds is 5. The molecule has 27 heavy (non-hydrogen) atoms. The van der Waals surface area contributed by atoms with Gasteiger partial charge in [0.15, 0.2) is 0 Å². The van der Waals surface area contributed by atoms with Crippen molar-refractivity contribution in [2.24, 2.45) is 5.92 Å². The van der Waals surface area contributed by atoms with Gasteiger partial charge in [0.2, 0.25) is 11.8 Å². The number of carbonyl (C=O) groups excluding carboxylic acids is 2. The Morgan fingerprint density at radius 1 is 1.26 bits per heavy atom. The second-order valence-electron chi connectivity index (χ2n) is 6.72. The third-order valence-corrected chi connectivity index (χ3v) is 5.01. The molecule has 1 N–H and O–H groups in total. The molecule has 2 atom stereocenters. The van der Waals surface area contributed by atoms with Crippen molar-refractivity contribution in [1.82, 2.24) is 10.2 Å². The van der Waals surface area contributed by atoms with Crippen LogP contribution < -0.4 is 10.1 Å². The molecule has 2 unspecified atom stereocenters. The quantitative estimate of drug-likeness (QED) is 0.880. The lowest BCUT2D eigenvalue weighted by atomic mass is 9.84. The van der Waals surface area contributed by atoms with Gasteiger partial charge in [-0.1, -0.05) is 24.3 Å². The van der Waals surface area contributed by atoms with E-state index in [0.29, 0.717) is 24.9 Å². The van der Waals surface area contributed by atoms with Crippen molar-refractivity contribution in [1.29, 1.82) is 0 Å². The van der Waals surface area contributed by atoms with Crippen molar-refractivity contribution >= 4 is 11.8 Å². The summed E-state index contributed by atoms with van der Waals surface area (Å²) in [5.74, 6) is -0.226. The molecule has 0 radical (unpaired) electrons. The maximum atomic E-state index is 13.7. The summed E-state index contributed by atoms with van der Waals surface area (Å²) >= 11 is 0. The summed E-state index contributed by atoms with van der Waals surface area (Å²) in [5, 5.41) is 2.94. The highest BCUT2D eigenvalue weighted by Crippen LogP contribution is 2.36. The molecule has 0 bridgehead atoms. The van der Waals surface area contributed by atoms with Crippen molar-refractivity contribution in [3.05, 3.63) is 65.5 Å². The van der Waals surface area contributed by atoms with Crippen LogP contribution in [-0.4, -0.2) is 30.9 Å². The molecule has 0 aliphatic carbocycles. The van der Waals surface area contributed by atoms with Crippen molar-refractivity contribution in [3.63, 3.8) is 0 Å². The monoisotopic (exact) mass is 370 g/mol. The van der Waals surface area contributed by atoms with Crippen LogP contribution >= 0.6 is 0 Å². The van der Waals surface area contributed by atoms with E-state index < -0.39 is 12.0 Å². The maximum Gasteiger partial charge on any atom is 0.225 e. The molecule has 1 fully saturated rings. The number of hydrogen-bond donors (Lipinski definition) is 1. The van der Waals surface area contributed by atoms with E-state index in [2.05, 4.69) is 5.32 Å². The molecule has 1 aliphatic heterocycles. The first-order valence-corrected chi connectivity index (χ1v) is 8.91. The standard InChI is InChI=1S/C21H23FN2O3/c1-24-19(25)11-10-18(20(24)15-4-3-5-16(22)12-15)21(26)23-13-14-6-8-17(27-2)9-7-14/h3-9,12,18,20H,10-11,13H2,1-2H3,(H,23,26). The Balaban J connectivity index is 1.75. The van der Waals surface area contributed by atoms with Crippen LogP contribution in [0.1, 0.15) is 30.0 Å². The molecular weight excluding hydrogens is 347 g/mol. The Hall–Kier alpha value is -2.89. The third-order valence-electron chi connectivity index (χ3n) is 5.01. The molecule has 0 aromatic heterocycles. The molecule has 5 nitrogen and oxygen atoms in total. The Labute approximate surface area is 158 Å². The van der Waals surface area contributed by atoms with Gasteiger partial charge in [0.1, 0.15) is 11.6 Å². The Kier molecular flexibility index (Phi) is 5.74. The van der Waals surface area contributed by atoms with Crippen LogP contribution in [0, 0.1) is 11.7 Å². The fourth-order valence-corrected chi connectivity index (χ4v) is 3.52. The zero-order chi connectivity index (χ0) is 19.4. The predicted octanol–water partition coefficient (Wildman–Crippen LogP) is 3.06. The molecular formula is C21H23FN2O3. The third kappa shape index (κ3) is 4.27. The summed E-state index contributed by atoms with van der Waals surface area (Å²) in [5.41, 5.74) is 1.59. The molecule has 0 spiro atoms. The predicted molar refractivity (Wildman–Crippen MR) is 99.5 cm³/mol. The van der Waals surface area contributed by atoms with Gasteiger partial charge < -0.3 is 15.0 Å². The average molecular weight is 370 g/mol. The highest BCUT2D eigenvalue weighted by molar-refractivity contribution is 5.84. The summed E-state index contributed by atoms with van der Waals surface area (Å²) in [4.78, 5) is 26.6. The normalized spacial score (nSPS) is 19.7. The Morgan fingerprint density at radius 2 is 2.00 bits per heavy atom. The number of likely N-dealkylation sites (tertiary alicyclic amines) is 1. The number of nitrogens with zero attached hydrogens (tertiary/aromatic N) is 1. The summed E-state index contributed by atoms with van der Waals surface area (Å²) in [6.45, 7) is 0.382. The first kappa shape index (κ1) is 18.9. The van der Waals surface area contributed by atoms with Crippen LogP contribution in [0.5, 0.6) is 5.75 Å². The fraction of sp³-hybridized carbons (Fsp3) is 0.333. The van der Waals surface area contributed by atoms with Crippen molar-refractivity contribution < 1.29 is 18.7 Å². The second-order valence-corrected chi connectivity index (χ2v) is 6.72. The SMILES string of the molecule is COc1ccc(CNC(=O)C2CCC(=O)N(C)C2c2cccc(F)c2)cc1. The van der Waals surface area contributed by atoms with E-state index in [4.69, 9.17) is 4.74 Å². The lowest BCUT2D eigenvalue weighted by molar-refractivity contribution is -0.141. The number of halogens is 1. The lowest BCUT2D eigenvalue weighted by Crippen LogP contribution is -2.46. The second kappa shape index (κ2) is 8.20. The zero-order valence-corrected chi connectivity index (χ0v) is 15.4. The van der Waals surface area contributed by atoms with Crippen LogP contribution in [-0.2, 0) is 16.1 Å². The number of carbonyl (C=O) groups is 2. The van der Waals surface area contributed by atoms with Crippen LogP contribution in [0.2, 0.25) is 0 Å². The fourth-order valence-electron chi connectivity index (χ4n) is 3.52. The minimum Gasteiger partial charge on any atom is -0.497 e. The highest BCUT2D eigenvalue weighted by atomic mass is 19.1. The van der Waals surface area contributed by atoms with Crippen molar-refractivity contribution in [2.75, 3.05) is 14.2 Å². The number of piperidine rings is 1. The molecule has 0 saturated carbocycles. The number of amides is 2. The zero-order valence-electron chi connectivity index (χ0n) is 15.4. The van der Waals surface area contributed by atoms with E-state index in [9.17, 15) is 14.0 Å². The molecule has 142 valence electrons. The van der Waals surface area contributed by atoms with Crippen molar-refractivity contribution in [3.8, 4) is 5.75 Å². The first-order valence-electron chi connectivity index (χ1n) is 8.91. The van der Waals surface area contributed by atoms with E-state index in [1.165, 1.54) is 12.1 Å². The van der Waals surface area contributed by atoms with Gasteiger partial charge in [-0.25, -0.2) is 4.39 Å². The van der Waals surface area contributed by atoms with E-state index in [-0.39, 0.29) is 17.6 Å². The van der Waals surface area contributed by atoms with E-state index in [0.717, 1.165) is 11.3 Å². The van der Waals surface area contributed by atoms with Gasteiger partial charge >= 0.3 is 0 Å². The number of ether oxygens (including phenoxy) is 1. The van der Waals surface area contributed by atoms with Gasteiger partial charge in [0, 0.05) is 20.0 Å². The van der Waals surface area contributed by atoms with Crippen molar-refractivity contribution in [2.45, 2.75) is 25.4 Å². The molecule has 1 aliphatic rings. The molecule has 6 heteroatoms. The van der Waals surface area contributed by atoms with E-state index in [1.807, 2.05) is 24.3 Å². The first-order chi connectivity index (χ1) is 13.0. The van der Waals surface area contributed by atoms with E-state index in [1.54, 1.807) is 31.2 Å². The smallest absolute Gasteiger partial charge is 0.225 e. The number of nitrogens with one attached hydrogen (secondary N) is 1. The largest absolute Gasteiger partial charge is 0.497 e. The van der Waals surface area contributed by atoms with Gasteiger partial charge in [-0.3, -0.25) is 9.59 Å². The maximum absolute atomic E-state index is 13.7. The molecule has 3 rings (SSSR count). The van der Waals surface area contributed by atoms with E-state index >= 15 is 0 Å². The highest BCUT2D eigenvalue weighted by Gasteiger charge is 2.38. The molecule has 2 amide bonds. The topological polar surface area (TPSA) is 58.6 Å². The van der Waals surface area contributed by atoms with Gasteiger partial charge in [-0.2, -0.15) is 0 Å². The Bertz CT molecular complexity index is 822. The van der Waals surface area contributed by atoms with Crippen LogP contribution in [0.25, 0.3) is 0 Å². The molecule has 2 aromatic carbocycles. The number of methoxy groups -OCH3 is 1. The molecule has 1 heterocycles. The molecule has 2 aromatic rings. The minimum absolute atomic E-state index is 0.0385. The van der Waals surface area contributed by atoms with Crippen LogP contribution in [0.3, 0.4) is 0 Å².